The van der Waals surface area contributed by atoms with Crippen molar-refractivity contribution < 1.29 is 4.79 Å². The third-order valence-corrected chi connectivity index (χ3v) is 4.89. The van der Waals surface area contributed by atoms with Crippen LogP contribution in [0.3, 0.4) is 0 Å². The summed E-state index contributed by atoms with van der Waals surface area (Å²) >= 11 is 0. The number of nitrogens with one attached hydrogen (secondary N) is 1. The van der Waals surface area contributed by atoms with E-state index in [0.29, 0.717) is 6.42 Å². The number of carbonyl (C=O) groups excluding carboxylic acids is 1. The molecular weight excluding hydrogens is 294 g/mol. The van der Waals surface area contributed by atoms with Crippen LogP contribution in [-0.2, 0) is 11.2 Å². The van der Waals surface area contributed by atoms with Gasteiger partial charge in [0.05, 0.1) is 6.04 Å². The van der Waals surface area contributed by atoms with E-state index in [1.165, 1.54) is 33.4 Å². The first kappa shape index (κ1) is 18.3. The summed E-state index contributed by atoms with van der Waals surface area (Å²) < 4.78 is 0. The molecule has 2 rings (SSSR count). The van der Waals surface area contributed by atoms with Gasteiger partial charge in [0.15, 0.2) is 0 Å². The van der Waals surface area contributed by atoms with Crippen LogP contribution in [0.1, 0.15) is 59.2 Å². The minimum Gasteiger partial charge on any atom is -0.349 e. The van der Waals surface area contributed by atoms with Crippen LogP contribution in [-0.4, -0.2) is 5.91 Å². The van der Waals surface area contributed by atoms with Crippen molar-refractivity contribution in [3.8, 4) is 0 Å². The van der Waals surface area contributed by atoms with Gasteiger partial charge in [-0.1, -0.05) is 43.3 Å². The average molecular weight is 323 g/mol. The Kier molecular flexibility index (Phi) is 6.19. The van der Waals surface area contributed by atoms with E-state index in [-0.39, 0.29) is 11.9 Å². The highest BCUT2D eigenvalue weighted by Crippen LogP contribution is 2.20. The number of benzene rings is 2. The van der Waals surface area contributed by atoms with Crippen LogP contribution >= 0.6 is 0 Å². The summed E-state index contributed by atoms with van der Waals surface area (Å²) in [4.78, 5) is 12.4. The zero-order chi connectivity index (χ0) is 17.7. The molecule has 2 nitrogen and oxygen atoms in total. The molecule has 1 atom stereocenters. The highest BCUT2D eigenvalue weighted by Gasteiger charge is 2.13. The van der Waals surface area contributed by atoms with Gasteiger partial charge in [0.2, 0.25) is 5.91 Å². The van der Waals surface area contributed by atoms with Crippen molar-refractivity contribution in [2.24, 2.45) is 0 Å². The predicted octanol–water partition coefficient (Wildman–Crippen LogP) is 5.12. The summed E-state index contributed by atoms with van der Waals surface area (Å²) in [5, 5.41) is 3.19. The third kappa shape index (κ3) is 4.70. The zero-order valence-electron chi connectivity index (χ0n) is 15.6. The fourth-order valence-corrected chi connectivity index (χ4v) is 2.89. The maximum Gasteiger partial charge on any atom is 0.220 e. The average Bonchev–Trinajstić information content (AvgIpc) is 2.56. The van der Waals surface area contributed by atoms with E-state index in [1.54, 1.807) is 0 Å². The molecule has 0 aliphatic carbocycles. The van der Waals surface area contributed by atoms with Gasteiger partial charge in [0.1, 0.15) is 0 Å². The fraction of sp³-hybridized carbons (Fsp3) is 0.409. The molecule has 0 radical (unpaired) electrons. The van der Waals surface area contributed by atoms with E-state index >= 15 is 0 Å². The number of carbonyl (C=O) groups is 1. The fourth-order valence-electron chi connectivity index (χ4n) is 2.89. The summed E-state index contributed by atoms with van der Waals surface area (Å²) in [7, 11) is 0. The molecule has 0 aromatic heterocycles. The van der Waals surface area contributed by atoms with Crippen LogP contribution in [0, 0.1) is 27.7 Å². The van der Waals surface area contributed by atoms with Crippen LogP contribution in [0.25, 0.3) is 0 Å². The molecule has 2 aromatic rings. The van der Waals surface area contributed by atoms with Crippen molar-refractivity contribution in [2.75, 3.05) is 0 Å². The zero-order valence-corrected chi connectivity index (χ0v) is 15.6. The molecule has 0 unspecified atom stereocenters. The first-order valence-electron chi connectivity index (χ1n) is 8.83. The Morgan fingerprint density at radius 2 is 1.54 bits per heavy atom. The van der Waals surface area contributed by atoms with Crippen LogP contribution in [0.15, 0.2) is 36.4 Å². The lowest BCUT2D eigenvalue weighted by molar-refractivity contribution is -0.121. The Balaban J connectivity index is 1.96. The summed E-state index contributed by atoms with van der Waals surface area (Å²) in [6.07, 6.45) is 2.22. The lowest BCUT2D eigenvalue weighted by Crippen LogP contribution is -2.28. The van der Waals surface area contributed by atoms with E-state index in [2.05, 4.69) is 76.3 Å². The molecule has 1 N–H and O–H groups in total. The van der Waals surface area contributed by atoms with Gasteiger partial charge < -0.3 is 5.32 Å². The molecule has 24 heavy (non-hydrogen) atoms. The van der Waals surface area contributed by atoms with Gasteiger partial charge in [0, 0.05) is 6.42 Å². The summed E-state index contributed by atoms with van der Waals surface area (Å²) in [6, 6.07) is 13.0. The second kappa shape index (κ2) is 8.14. The second-order valence-electron chi connectivity index (χ2n) is 6.79. The smallest absolute Gasteiger partial charge is 0.220 e. The predicted molar refractivity (Wildman–Crippen MR) is 101 cm³/mol. The van der Waals surface area contributed by atoms with E-state index < -0.39 is 0 Å². The number of amides is 1. The molecule has 0 aliphatic rings. The minimum atomic E-state index is 0.0940. The summed E-state index contributed by atoms with van der Waals surface area (Å²) in [5.41, 5.74) is 7.57. The van der Waals surface area contributed by atoms with Gasteiger partial charge in [-0.25, -0.2) is 0 Å². The lowest BCUT2D eigenvalue weighted by Gasteiger charge is -2.19. The highest BCUT2D eigenvalue weighted by molar-refractivity contribution is 5.76. The van der Waals surface area contributed by atoms with Crippen LogP contribution in [0.5, 0.6) is 0 Å². The number of hydrogen-bond donors (Lipinski definition) is 1. The quantitative estimate of drug-likeness (QED) is 0.785. The Hall–Kier alpha value is -2.09. The SMILES string of the molecule is CC[C@@H](NC(=O)CCc1ccc(C)c(C)c1)c1ccc(C)c(C)c1. The van der Waals surface area contributed by atoms with Gasteiger partial charge in [-0.15, -0.1) is 0 Å². The van der Waals surface area contributed by atoms with Crippen molar-refractivity contribution in [2.45, 2.75) is 59.9 Å². The van der Waals surface area contributed by atoms with Crippen molar-refractivity contribution in [1.82, 2.24) is 5.32 Å². The summed E-state index contributed by atoms with van der Waals surface area (Å²) in [5.74, 6) is 0.123. The molecule has 0 saturated heterocycles. The second-order valence-corrected chi connectivity index (χ2v) is 6.79. The highest BCUT2D eigenvalue weighted by atomic mass is 16.1. The molecule has 0 spiro atoms. The number of aryl methyl sites for hydroxylation is 5. The largest absolute Gasteiger partial charge is 0.349 e. The lowest BCUT2D eigenvalue weighted by atomic mass is 9.99. The first-order valence-corrected chi connectivity index (χ1v) is 8.83. The number of rotatable bonds is 6. The Morgan fingerprint density at radius 3 is 2.12 bits per heavy atom. The van der Waals surface area contributed by atoms with Gasteiger partial charge in [-0.05, 0) is 73.9 Å². The van der Waals surface area contributed by atoms with Crippen molar-refractivity contribution in [3.05, 3.63) is 69.8 Å². The van der Waals surface area contributed by atoms with Crippen molar-refractivity contribution in [1.29, 1.82) is 0 Å². The van der Waals surface area contributed by atoms with Crippen LogP contribution in [0.4, 0.5) is 0 Å². The van der Waals surface area contributed by atoms with Gasteiger partial charge in [-0.2, -0.15) is 0 Å². The van der Waals surface area contributed by atoms with Crippen molar-refractivity contribution in [3.63, 3.8) is 0 Å². The Morgan fingerprint density at radius 1 is 0.917 bits per heavy atom. The standard InChI is InChI=1S/C22H29NO/c1-6-21(20-11-8-16(3)18(5)14-20)23-22(24)12-10-19-9-7-15(2)17(4)13-19/h7-9,11,13-14,21H,6,10,12H2,1-5H3,(H,23,24)/t21-/m1/s1. The van der Waals surface area contributed by atoms with Crippen LogP contribution in [0.2, 0.25) is 0 Å². The normalized spacial score (nSPS) is 12.0. The first-order chi connectivity index (χ1) is 11.4. The Labute approximate surface area is 146 Å². The third-order valence-electron chi connectivity index (χ3n) is 4.89. The molecule has 2 aromatic carbocycles. The van der Waals surface area contributed by atoms with Gasteiger partial charge >= 0.3 is 0 Å². The van der Waals surface area contributed by atoms with Crippen molar-refractivity contribution >= 4 is 5.91 Å². The monoisotopic (exact) mass is 323 g/mol. The maximum absolute atomic E-state index is 12.4. The minimum absolute atomic E-state index is 0.0940. The van der Waals surface area contributed by atoms with Gasteiger partial charge in [0.25, 0.3) is 0 Å². The van der Waals surface area contributed by atoms with E-state index in [1.807, 2.05) is 0 Å². The van der Waals surface area contributed by atoms with Crippen LogP contribution < -0.4 is 5.32 Å². The summed E-state index contributed by atoms with van der Waals surface area (Å²) in [6.45, 7) is 10.6. The Bertz CT molecular complexity index is 718. The topological polar surface area (TPSA) is 29.1 Å². The molecule has 2 heteroatoms. The van der Waals surface area contributed by atoms with E-state index in [9.17, 15) is 4.79 Å². The molecule has 0 saturated carbocycles. The molecule has 0 fully saturated rings. The molecule has 0 bridgehead atoms. The van der Waals surface area contributed by atoms with E-state index in [4.69, 9.17) is 0 Å². The molecular formula is C22H29NO. The molecule has 0 heterocycles. The maximum atomic E-state index is 12.4. The van der Waals surface area contributed by atoms with Gasteiger partial charge in [-0.3, -0.25) is 4.79 Å². The molecule has 0 aliphatic heterocycles. The van der Waals surface area contributed by atoms with E-state index in [0.717, 1.165) is 12.8 Å². The molecule has 1 amide bonds. The molecule has 128 valence electrons. The number of hydrogen-bond acceptors (Lipinski definition) is 1.